The van der Waals surface area contributed by atoms with E-state index < -0.39 is 0 Å². The van der Waals surface area contributed by atoms with Crippen molar-refractivity contribution in [2.45, 2.75) is 149 Å². The Morgan fingerprint density at radius 3 is 1.33 bits per heavy atom. The average molecular weight is 1590 g/mol. The third-order valence-corrected chi connectivity index (χ3v) is 24.9. The van der Waals surface area contributed by atoms with Crippen molar-refractivity contribution in [1.82, 2.24) is 59.3 Å². The van der Waals surface area contributed by atoms with E-state index in [1.165, 1.54) is 79.0 Å². The number of phenolic OH excluding ortho intramolecular Hbond substituents is 1. The second kappa shape index (κ2) is 36.4. The van der Waals surface area contributed by atoms with E-state index in [2.05, 4.69) is 237 Å². The van der Waals surface area contributed by atoms with E-state index in [0.29, 0.717) is 44.5 Å². The molecule has 0 spiro atoms. The number of benzene rings is 6. The van der Waals surface area contributed by atoms with Gasteiger partial charge in [-0.05, 0) is 205 Å². The van der Waals surface area contributed by atoms with Gasteiger partial charge in [-0.3, -0.25) is 14.4 Å². The van der Waals surface area contributed by atoms with Crippen LogP contribution in [0.15, 0.2) is 159 Å². The molecule has 0 bridgehead atoms. The molecule has 16 rings (SSSR count). The number of hydrogen-bond acceptors (Lipinski definition) is 19. The molecule has 0 saturated carbocycles. The zero-order chi connectivity index (χ0) is 83.3. The molecule has 22 heteroatoms. The highest BCUT2D eigenvalue weighted by Gasteiger charge is 2.40. The number of phenols is 1. The maximum Gasteiger partial charge on any atom is 0.246 e. The van der Waals surface area contributed by atoms with E-state index in [-0.39, 0.29) is 59.7 Å². The third-order valence-electron chi connectivity index (χ3n) is 24.9. The number of fused-ring (bicyclic) bond motifs is 6. The first-order valence-corrected chi connectivity index (χ1v) is 42.4. The number of piperazine rings is 3. The van der Waals surface area contributed by atoms with E-state index in [4.69, 9.17) is 29.9 Å². The molecule has 10 heterocycles. The van der Waals surface area contributed by atoms with Crippen LogP contribution in [-0.2, 0) is 53.3 Å². The third kappa shape index (κ3) is 18.0. The Kier molecular flexibility index (Phi) is 25.8. The van der Waals surface area contributed by atoms with Crippen molar-refractivity contribution < 1.29 is 19.5 Å². The van der Waals surface area contributed by atoms with Gasteiger partial charge < -0.3 is 63.9 Å². The monoisotopic (exact) mass is 1590 g/mol. The Morgan fingerprint density at radius 1 is 0.466 bits per heavy atom. The van der Waals surface area contributed by atoms with Gasteiger partial charge in [-0.1, -0.05) is 117 Å². The van der Waals surface area contributed by atoms with Crippen molar-refractivity contribution in [3.63, 3.8) is 0 Å². The number of hydrogen-bond donors (Lipinski definition) is 1. The van der Waals surface area contributed by atoms with Crippen molar-refractivity contribution in [3.05, 3.63) is 222 Å². The van der Waals surface area contributed by atoms with Gasteiger partial charge in [-0.2, -0.15) is 0 Å². The van der Waals surface area contributed by atoms with Crippen LogP contribution in [0.1, 0.15) is 123 Å². The minimum absolute atomic E-state index is 0.00532. The summed E-state index contributed by atoms with van der Waals surface area (Å²) in [6, 6.07) is 38.8. The van der Waals surface area contributed by atoms with Gasteiger partial charge >= 0.3 is 0 Å². The standard InChI is InChI=1S/C33H42N6O.C32H40N6O.C31H38N6O2/c1-7-31(40)38-20-25(4)39(21-24(38)3)33-27-17-19-37(29-15-11-14-26-13-10-12-23(2)32(26)29)22-28(27)34-30(35-33)16-8-9-18-36(5)6;1-6-29(39)37-17-23(4)38(18-22(37)3)32-26-14-16-36(28-12-8-11-24-10-7-9-21(2)30(24)28)20-27(26)33-31(34-32)25-13-15-35(5)19-25;1-6-30(39)36-18-22(3)37(19-21(36)2)31-26-13-15-35(20-27(26)32-29(33-31)12-9-14-34(4)5)28-17-24(38)16-23-10-7-8-11-25(23)28/h7-8,10-16,24-25H,1,9,17-22H2,2-6H3;6-12,22-23,25H,1,13-20H2,2-5H3;6-12,16-17,21-22,38H,1,13-15,18-20H2,2-5H3/b16-8+;;12-9+/t24-,25+;22-,23+,25?;21-,22+/m111/s1. The van der Waals surface area contributed by atoms with Crippen molar-refractivity contribution in [2.75, 3.05) is 150 Å². The molecular formula is C96H120N18O4. The van der Waals surface area contributed by atoms with E-state index in [1.807, 2.05) is 65.2 Å². The molecule has 4 fully saturated rings. The van der Waals surface area contributed by atoms with Gasteiger partial charge in [0.15, 0.2) is 11.6 Å². The van der Waals surface area contributed by atoms with Crippen LogP contribution in [0.25, 0.3) is 44.5 Å². The molecule has 1 N–H and O–H groups in total. The first-order valence-electron chi connectivity index (χ1n) is 42.4. The fraction of sp³-hybridized carbons (Fsp3) is 0.427. The minimum Gasteiger partial charge on any atom is -0.508 e. The molecule has 3 amide bonds. The summed E-state index contributed by atoms with van der Waals surface area (Å²) in [6.45, 7) is 41.2. The summed E-state index contributed by atoms with van der Waals surface area (Å²) in [7, 11) is 10.4. The number of aromatic hydroxyl groups is 1. The highest BCUT2D eigenvalue weighted by Crippen LogP contribution is 2.42. The molecule has 7 atom stereocenters. The summed E-state index contributed by atoms with van der Waals surface area (Å²) in [5.41, 5.74) is 13.1. The minimum atomic E-state index is -0.0278. The van der Waals surface area contributed by atoms with Gasteiger partial charge in [-0.15, -0.1) is 0 Å². The lowest BCUT2D eigenvalue weighted by Gasteiger charge is -2.45. The van der Waals surface area contributed by atoms with Crippen LogP contribution in [0, 0.1) is 13.8 Å². The Bertz CT molecular complexity index is 5280. The zero-order valence-electron chi connectivity index (χ0n) is 71.7. The SMILES string of the molecule is C=CC(=O)N1C[C@H](C)N(c2nc(/C=C/CCN(C)C)nc3c2CCN(c2cccc4cccc(C)c24)C3)C[C@H]1C.C=CC(=O)N1C[C@H](C)N(c2nc(/C=C/CN(C)C)nc3c2CCN(c2cc(O)cc4ccccc24)C3)C[C@H]1C.C=CC(=O)N1C[C@H](C)N(c2nc(C3CCN(C)C3)nc3c2CCN(c2cccc4cccc(C)c24)C3)C[C@H]1C. The van der Waals surface area contributed by atoms with Crippen LogP contribution < -0.4 is 29.4 Å². The molecule has 0 aliphatic carbocycles. The average Bonchev–Trinajstić information content (AvgIpc) is 1.12. The molecule has 618 valence electrons. The smallest absolute Gasteiger partial charge is 0.246 e. The number of amides is 3. The van der Waals surface area contributed by atoms with Gasteiger partial charge in [0.05, 0.1) is 36.7 Å². The summed E-state index contributed by atoms with van der Waals surface area (Å²) in [5.74, 6) is 6.10. The predicted molar refractivity (Wildman–Crippen MR) is 483 cm³/mol. The summed E-state index contributed by atoms with van der Waals surface area (Å²) in [5, 5.41) is 17.8. The molecule has 7 aliphatic heterocycles. The normalized spacial score (nSPS) is 21.0. The second-order valence-corrected chi connectivity index (χ2v) is 34.1. The van der Waals surface area contributed by atoms with Crippen molar-refractivity contribution in [2.24, 2.45) is 0 Å². The Balaban J connectivity index is 0.000000145. The number of aryl methyl sites for hydroxylation is 2. The lowest BCUT2D eigenvalue weighted by atomic mass is 9.98. The number of anilines is 6. The Hall–Kier alpha value is -11.1. The summed E-state index contributed by atoms with van der Waals surface area (Å²) in [6.07, 6.45) is 17.2. The van der Waals surface area contributed by atoms with Crippen LogP contribution in [0.3, 0.4) is 0 Å². The van der Waals surface area contributed by atoms with Crippen LogP contribution in [-0.4, -0.2) is 239 Å². The van der Waals surface area contributed by atoms with Gasteiger partial charge in [0.2, 0.25) is 17.7 Å². The second-order valence-electron chi connectivity index (χ2n) is 34.1. The molecule has 7 aliphatic rings. The fourth-order valence-corrected chi connectivity index (χ4v) is 18.6. The first kappa shape index (κ1) is 83.4. The van der Waals surface area contributed by atoms with Crippen LogP contribution in [0.2, 0.25) is 0 Å². The van der Waals surface area contributed by atoms with E-state index >= 15 is 0 Å². The van der Waals surface area contributed by atoms with E-state index in [9.17, 15) is 19.5 Å². The number of likely N-dealkylation sites (tertiary alicyclic amines) is 1. The number of likely N-dealkylation sites (N-methyl/N-ethyl adjacent to an activating group) is 2. The Labute approximate surface area is 698 Å². The van der Waals surface area contributed by atoms with E-state index in [0.717, 1.165) is 167 Å². The van der Waals surface area contributed by atoms with Crippen LogP contribution in [0.4, 0.5) is 34.5 Å². The Morgan fingerprint density at radius 2 is 0.890 bits per heavy atom. The number of carbonyl (C=O) groups excluding carboxylic acids is 3. The fourth-order valence-electron chi connectivity index (χ4n) is 18.6. The summed E-state index contributed by atoms with van der Waals surface area (Å²) >= 11 is 0. The van der Waals surface area contributed by atoms with E-state index in [1.54, 1.807) is 0 Å². The summed E-state index contributed by atoms with van der Waals surface area (Å²) in [4.78, 5) is 95.2. The maximum absolute atomic E-state index is 12.5. The number of aromatic nitrogens is 6. The molecule has 1 unspecified atom stereocenters. The van der Waals surface area contributed by atoms with Crippen LogP contribution in [0.5, 0.6) is 5.75 Å². The molecule has 6 aromatic carbocycles. The molecular weight excluding hydrogens is 1470 g/mol. The molecule has 9 aromatic rings. The van der Waals surface area contributed by atoms with Gasteiger partial charge in [-0.25, -0.2) is 29.9 Å². The lowest BCUT2D eigenvalue weighted by molar-refractivity contribution is -0.129. The number of carbonyl (C=O) groups is 3. The largest absolute Gasteiger partial charge is 0.508 e. The molecule has 4 saturated heterocycles. The number of rotatable bonds is 17. The topological polar surface area (TPSA) is 188 Å². The van der Waals surface area contributed by atoms with Gasteiger partial charge in [0.1, 0.15) is 29.0 Å². The van der Waals surface area contributed by atoms with Crippen molar-refractivity contribution >= 4 is 96.7 Å². The van der Waals surface area contributed by atoms with Crippen LogP contribution >= 0.6 is 0 Å². The van der Waals surface area contributed by atoms with Gasteiger partial charge in [0, 0.05) is 177 Å². The molecule has 0 radical (unpaired) electrons. The van der Waals surface area contributed by atoms with Gasteiger partial charge in [0.25, 0.3) is 0 Å². The lowest BCUT2D eigenvalue weighted by Crippen LogP contribution is -2.58. The predicted octanol–water partition coefficient (Wildman–Crippen LogP) is 13.7. The summed E-state index contributed by atoms with van der Waals surface area (Å²) < 4.78 is 0. The molecule has 118 heavy (non-hydrogen) atoms. The van der Waals surface area contributed by atoms with Crippen molar-refractivity contribution in [1.29, 1.82) is 0 Å². The van der Waals surface area contributed by atoms with Crippen molar-refractivity contribution in [3.8, 4) is 5.75 Å². The maximum atomic E-state index is 12.5. The number of nitrogens with zero attached hydrogens (tertiary/aromatic N) is 18. The highest BCUT2D eigenvalue weighted by molar-refractivity contribution is 5.99. The molecule has 22 nitrogen and oxygen atoms in total. The quantitative estimate of drug-likeness (QED) is 0.0847. The highest BCUT2D eigenvalue weighted by atomic mass is 16.3. The first-order chi connectivity index (χ1) is 56.8. The zero-order valence-corrected chi connectivity index (χ0v) is 71.7. The molecule has 3 aromatic heterocycles.